The topological polar surface area (TPSA) is 44.6 Å². The minimum absolute atomic E-state index is 0.650. The first-order valence-corrected chi connectivity index (χ1v) is 6.50. The molecule has 0 heterocycles. The van der Waals surface area contributed by atoms with Crippen LogP contribution < -0.4 is 5.32 Å². The number of allylic oxidation sites excluding steroid dienone is 1. The summed E-state index contributed by atoms with van der Waals surface area (Å²) in [6.45, 7) is 3.33. The monoisotopic (exact) mass is 222 g/mol. The van der Waals surface area contributed by atoms with Crippen molar-refractivity contribution in [3.05, 3.63) is 11.1 Å². The van der Waals surface area contributed by atoms with E-state index in [0.717, 1.165) is 37.9 Å². The zero-order chi connectivity index (χ0) is 11.4. The Morgan fingerprint density at radius 1 is 1.38 bits per heavy atom. The van der Waals surface area contributed by atoms with Crippen LogP contribution in [-0.2, 0) is 0 Å². The number of nitrogens with one attached hydrogen (secondary N) is 1. The predicted octanol–water partition coefficient (Wildman–Crippen LogP) is 2.85. The Hall–Kier alpha value is -0.830. The Balaban J connectivity index is 2.02. The molecule has 0 aromatic carbocycles. The molecule has 2 rings (SSSR count). The highest BCUT2D eigenvalue weighted by atomic mass is 16.4. The molecule has 0 fully saturated rings. The molecule has 90 valence electrons. The highest BCUT2D eigenvalue weighted by molar-refractivity contribution is 6.01. The molecule has 2 aliphatic rings. The van der Waals surface area contributed by atoms with Crippen LogP contribution in [-0.4, -0.2) is 23.5 Å². The number of hydrogen-bond acceptors (Lipinski definition) is 3. The zero-order valence-electron chi connectivity index (χ0n) is 10.1. The van der Waals surface area contributed by atoms with Crippen LogP contribution in [0.5, 0.6) is 0 Å². The third kappa shape index (κ3) is 2.46. The summed E-state index contributed by atoms with van der Waals surface area (Å²) in [4.78, 5) is 0. The van der Waals surface area contributed by atoms with Crippen LogP contribution in [0.25, 0.3) is 0 Å². The first kappa shape index (κ1) is 11.6. The lowest BCUT2D eigenvalue weighted by Gasteiger charge is -2.31. The maximum absolute atomic E-state index is 8.98. The number of rotatable bonds is 3. The Morgan fingerprint density at radius 3 is 3.00 bits per heavy atom. The molecule has 2 N–H and O–H groups in total. The minimum atomic E-state index is 0.650. The Labute approximate surface area is 97.6 Å². The number of hydrogen-bond donors (Lipinski definition) is 2. The van der Waals surface area contributed by atoms with E-state index in [4.69, 9.17) is 5.21 Å². The van der Waals surface area contributed by atoms with Crippen LogP contribution in [0.2, 0.25) is 0 Å². The van der Waals surface area contributed by atoms with Crippen molar-refractivity contribution >= 4 is 5.71 Å². The fraction of sp³-hybridized carbons (Fsp3) is 0.769. The molecule has 0 spiro atoms. The summed E-state index contributed by atoms with van der Waals surface area (Å²) in [6, 6.07) is 0.650. The Morgan fingerprint density at radius 2 is 2.25 bits per heavy atom. The van der Waals surface area contributed by atoms with Gasteiger partial charge in [-0.25, -0.2) is 0 Å². The maximum atomic E-state index is 8.98. The van der Waals surface area contributed by atoms with Crippen molar-refractivity contribution in [2.45, 2.75) is 57.9 Å². The van der Waals surface area contributed by atoms with Crippen LogP contribution in [0.1, 0.15) is 51.9 Å². The van der Waals surface area contributed by atoms with Gasteiger partial charge < -0.3 is 10.5 Å². The van der Waals surface area contributed by atoms with E-state index >= 15 is 0 Å². The smallest absolute Gasteiger partial charge is 0.0827 e. The summed E-state index contributed by atoms with van der Waals surface area (Å²) in [5.41, 5.74) is 3.86. The molecular formula is C13H22N2O. The summed E-state index contributed by atoms with van der Waals surface area (Å²) < 4.78 is 0. The van der Waals surface area contributed by atoms with Gasteiger partial charge >= 0.3 is 0 Å². The SMILES string of the molecule is CCCNC1CCC2=C(CCC/C2=N\O)C1. The van der Waals surface area contributed by atoms with E-state index in [1.165, 1.54) is 24.8 Å². The van der Waals surface area contributed by atoms with E-state index in [1.807, 2.05) is 0 Å². The highest BCUT2D eigenvalue weighted by Gasteiger charge is 2.26. The molecule has 3 heteroatoms. The molecule has 3 nitrogen and oxygen atoms in total. The van der Waals surface area contributed by atoms with Gasteiger partial charge in [0, 0.05) is 6.04 Å². The van der Waals surface area contributed by atoms with E-state index in [2.05, 4.69) is 17.4 Å². The summed E-state index contributed by atoms with van der Waals surface area (Å²) in [7, 11) is 0. The standard InChI is InChI=1S/C13H22N2O/c1-2-8-14-11-6-7-12-10(9-11)4-3-5-13(12)15-16/h11,14,16H,2-9H2,1H3/b15-13+. The van der Waals surface area contributed by atoms with Gasteiger partial charge in [0.2, 0.25) is 0 Å². The summed E-state index contributed by atoms with van der Waals surface area (Å²) in [5, 5.41) is 16.0. The average molecular weight is 222 g/mol. The van der Waals surface area contributed by atoms with Crippen LogP contribution >= 0.6 is 0 Å². The quantitative estimate of drug-likeness (QED) is 0.569. The van der Waals surface area contributed by atoms with Crippen molar-refractivity contribution in [3.63, 3.8) is 0 Å². The molecule has 1 atom stereocenters. The van der Waals surface area contributed by atoms with Gasteiger partial charge in [-0.05, 0) is 57.1 Å². The van der Waals surface area contributed by atoms with Gasteiger partial charge in [-0.15, -0.1) is 0 Å². The third-order valence-electron chi connectivity index (χ3n) is 3.71. The second-order valence-corrected chi connectivity index (χ2v) is 4.88. The largest absolute Gasteiger partial charge is 0.411 e. The molecular weight excluding hydrogens is 200 g/mol. The van der Waals surface area contributed by atoms with E-state index < -0.39 is 0 Å². The molecule has 0 radical (unpaired) electrons. The van der Waals surface area contributed by atoms with Gasteiger partial charge in [0.15, 0.2) is 0 Å². The average Bonchev–Trinajstić information content (AvgIpc) is 2.35. The Bertz CT molecular complexity index is 307. The van der Waals surface area contributed by atoms with Gasteiger partial charge in [-0.3, -0.25) is 0 Å². The van der Waals surface area contributed by atoms with Crippen molar-refractivity contribution in [2.75, 3.05) is 6.54 Å². The number of nitrogens with zero attached hydrogens (tertiary/aromatic N) is 1. The van der Waals surface area contributed by atoms with Gasteiger partial charge in [-0.1, -0.05) is 17.7 Å². The maximum Gasteiger partial charge on any atom is 0.0827 e. The first-order valence-electron chi connectivity index (χ1n) is 6.50. The molecule has 0 aromatic heterocycles. The van der Waals surface area contributed by atoms with Gasteiger partial charge in [-0.2, -0.15) is 0 Å². The number of oxime groups is 1. The molecule has 0 saturated heterocycles. The summed E-state index contributed by atoms with van der Waals surface area (Å²) in [5.74, 6) is 0. The minimum Gasteiger partial charge on any atom is -0.411 e. The van der Waals surface area contributed by atoms with E-state index in [-0.39, 0.29) is 0 Å². The van der Waals surface area contributed by atoms with Crippen LogP contribution in [0.4, 0.5) is 0 Å². The van der Waals surface area contributed by atoms with Crippen molar-refractivity contribution in [2.24, 2.45) is 5.16 Å². The lowest BCUT2D eigenvalue weighted by atomic mass is 9.79. The van der Waals surface area contributed by atoms with Crippen LogP contribution in [0.15, 0.2) is 16.3 Å². The third-order valence-corrected chi connectivity index (χ3v) is 3.71. The van der Waals surface area contributed by atoms with Crippen molar-refractivity contribution in [1.29, 1.82) is 0 Å². The van der Waals surface area contributed by atoms with Crippen LogP contribution in [0.3, 0.4) is 0 Å². The van der Waals surface area contributed by atoms with E-state index in [0.29, 0.717) is 6.04 Å². The zero-order valence-corrected chi connectivity index (χ0v) is 10.1. The molecule has 0 aromatic rings. The summed E-state index contributed by atoms with van der Waals surface area (Å²) >= 11 is 0. The van der Waals surface area contributed by atoms with Crippen molar-refractivity contribution in [3.8, 4) is 0 Å². The molecule has 0 amide bonds. The van der Waals surface area contributed by atoms with Gasteiger partial charge in [0.1, 0.15) is 0 Å². The molecule has 0 bridgehead atoms. The Kier molecular flexibility index (Phi) is 3.99. The second kappa shape index (κ2) is 5.48. The fourth-order valence-electron chi connectivity index (χ4n) is 2.87. The highest BCUT2D eigenvalue weighted by Crippen LogP contribution is 2.34. The molecule has 2 aliphatic carbocycles. The fourth-order valence-corrected chi connectivity index (χ4v) is 2.87. The van der Waals surface area contributed by atoms with Gasteiger partial charge in [0.05, 0.1) is 5.71 Å². The second-order valence-electron chi connectivity index (χ2n) is 4.88. The predicted molar refractivity (Wildman–Crippen MR) is 66.0 cm³/mol. The van der Waals surface area contributed by atoms with E-state index in [9.17, 15) is 0 Å². The normalized spacial score (nSPS) is 28.3. The van der Waals surface area contributed by atoms with Crippen LogP contribution in [0, 0.1) is 0 Å². The van der Waals surface area contributed by atoms with E-state index in [1.54, 1.807) is 5.57 Å². The van der Waals surface area contributed by atoms with Crippen molar-refractivity contribution < 1.29 is 5.21 Å². The lowest BCUT2D eigenvalue weighted by molar-refractivity contribution is 0.316. The van der Waals surface area contributed by atoms with Crippen molar-refractivity contribution in [1.82, 2.24) is 5.32 Å². The molecule has 1 unspecified atom stereocenters. The molecule has 16 heavy (non-hydrogen) atoms. The summed E-state index contributed by atoms with van der Waals surface area (Å²) in [6.07, 6.45) is 7.97. The van der Waals surface area contributed by atoms with Gasteiger partial charge in [0.25, 0.3) is 0 Å². The lowest BCUT2D eigenvalue weighted by Crippen LogP contribution is -2.34. The first-order chi connectivity index (χ1) is 7.85. The molecule has 0 saturated carbocycles. The molecule has 0 aliphatic heterocycles.